The average molecular weight is 464 g/mol. The molecule has 0 fully saturated rings. The summed E-state index contributed by atoms with van der Waals surface area (Å²) in [5, 5.41) is 43.6. The molecule has 0 aliphatic heterocycles. The number of carboxylic acids is 1. The predicted molar refractivity (Wildman–Crippen MR) is 104 cm³/mol. The lowest BCUT2D eigenvalue weighted by Crippen LogP contribution is -2.55. The maximum atomic E-state index is 11.9. The van der Waals surface area contributed by atoms with Gasteiger partial charge < -0.3 is 51.6 Å². The molecule has 4 amide bonds. The van der Waals surface area contributed by atoms with Crippen LogP contribution in [-0.4, -0.2) is 106 Å². The molecule has 0 saturated carbocycles. The van der Waals surface area contributed by atoms with Crippen LogP contribution in [0.2, 0.25) is 0 Å². The van der Waals surface area contributed by atoms with Gasteiger partial charge in [-0.2, -0.15) is 0 Å². The summed E-state index contributed by atoms with van der Waals surface area (Å²) in [6, 6.07) is -2.73. The van der Waals surface area contributed by atoms with E-state index in [0.29, 0.717) is 0 Å². The van der Waals surface area contributed by atoms with E-state index in [2.05, 4.69) is 16.0 Å². The van der Waals surface area contributed by atoms with Crippen LogP contribution < -0.4 is 21.7 Å². The lowest BCUT2D eigenvalue weighted by molar-refractivity contribution is -0.145. The van der Waals surface area contributed by atoms with Crippen molar-refractivity contribution in [3.05, 3.63) is 0 Å². The maximum absolute atomic E-state index is 11.9. The summed E-state index contributed by atoms with van der Waals surface area (Å²) in [7, 11) is 0. The van der Waals surface area contributed by atoms with Gasteiger partial charge in [-0.25, -0.2) is 0 Å². The van der Waals surface area contributed by atoms with Gasteiger partial charge in [0, 0.05) is 13.3 Å². The number of carbonyl (C=O) groups excluding carboxylic acids is 5. The summed E-state index contributed by atoms with van der Waals surface area (Å²) in [6.07, 6.45) is -5.70. The minimum absolute atomic E-state index is 0.200. The second-order valence-corrected chi connectivity index (χ2v) is 6.61. The van der Waals surface area contributed by atoms with Gasteiger partial charge in [-0.1, -0.05) is 0 Å². The summed E-state index contributed by atoms with van der Waals surface area (Å²) >= 11 is 0. The SMILES string of the molecule is CC(=O)N[C@@H](C=O)[C@@H](OCC(=O)NCC(=O)NC(CCC(=O)O)C(N)=O)[C@H](O)[C@H](O)CO. The fraction of sp³-hybridized carbons (Fsp3) is 0.647. The first kappa shape index (κ1) is 28.9. The van der Waals surface area contributed by atoms with Crippen LogP contribution in [0, 0.1) is 0 Å². The van der Waals surface area contributed by atoms with Gasteiger partial charge in [0.1, 0.15) is 43.3 Å². The lowest BCUT2D eigenvalue weighted by Gasteiger charge is -2.30. The number of ether oxygens (including phenoxy) is 1. The minimum atomic E-state index is -1.86. The topological polar surface area (TPSA) is 255 Å². The van der Waals surface area contributed by atoms with Crippen LogP contribution in [0.1, 0.15) is 19.8 Å². The molecule has 15 heteroatoms. The number of nitrogens with one attached hydrogen (secondary N) is 3. The van der Waals surface area contributed by atoms with Crippen molar-refractivity contribution in [1.29, 1.82) is 0 Å². The van der Waals surface area contributed by atoms with Gasteiger partial charge in [0.15, 0.2) is 0 Å². The average Bonchev–Trinajstić information content (AvgIpc) is 2.72. The fourth-order valence-corrected chi connectivity index (χ4v) is 2.37. The van der Waals surface area contributed by atoms with E-state index in [4.69, 9.17) is 20.7 Å². The van der Waals surface area contributed by atoms with E-state index in [0.717, 1.165) is 6.92 Å². The van der Waals surface area contributed by atoms with E-state index in [1.807, 2.05) is 0 Å². The van der Waals surface area contributed by atoms with Gasteiger partial charge in [-0.05, 0) is 6.42 Å². The van der Waals surface area contributed by atoms with Crippen LogP contribution in [0.3, 0.4) is 0 Å². The third-order valence-corrected chi connectivity index (χ3v) is 3.97. The Balaban J connectivity index is 4.86. The van der Waals surface area contributed by atoms with Crippen LogP contribution in [0.25, 0.3) is 0 Å². The molecule has 0 bridgehead atoms. The highest BCUT2D eigenvalue weighted by Gasteiger charge is 2.34. The zero-order chi connectivity index (χ0) is 24.8. The molecule has 0 rings (SSSR count). The van der Waals surface area contributed by atoms with Crippen molar-refractivity contribution < 1.29 is 53.9 Å². The van der Waals surface area contributed by atoms with Gasteiger partial charge in [-0.15, -0.1) is 0 Å². The van der Waals surface area contributed by atoms with Crippen molar-refractivity contribution in [3.63, 3.8) is 0 Å². The van der Waals surface area contributed by atoms with E-state index >= 15 is 0 Å². The number of carboxylic acid groups (broad SMARTS) is 1. The second kappa shape index (κ2) is 14.8. The summed E-state index contributed by atoms with van der Waals surface area (Å²) in [5.41, 5.74) is 5.07. The smallest absolute Gasteiger partial charge is 0.303 e. The monoisotopic (exact) mass is 464 g/mol. The van der Waals surface area contributed by atoms with E-state index in [1.165, 1.54) is 0 Å². The molecule has 9 N–H and O–H groups in total. The summed E-state index contributed by atoms with van der Waals surface area (Å²) in [6.45, 7) is -1.30. The number of primary amides is 1. The molecule has 0 saturated heterocycles. The van der Waals surface area contributed by atoms with E-state index < -0.39 is 86.2 Å². The fourth-order valence-electron chi connectivity index (χ4n) is 2.37. The molecule has 1 unspecified atom stereocenters. The third kappa shape index (κ3) is 11.3. The van der Waals surface area contributed by atoms with Crippen molar-refractivity contribution in [2.24, 2.45) is 5.73 Å². The Morgan fingerprint density at radius 3 is 2.19 bits per heavy atom. The molecular weight excluding hydrogens is 436 g/mol. The van der Waals surface area contributed by atoms with E-state index in [9.17, 15) is 39.0 Å². The van der Waals surface area contributed by atoms with Crippen molar-refractivity contribution in [1.82, 2.24) is 16.0 Å². The van der Waals surface area contributed by atoms with Crippen LogP contribution in [0.4, 0.5) is 0 Å². The molecule has 0 radical (unpaired) electrons. The van der Waals surface area contributed by atoms with Gasteiger partial charge in [0.2, 0.25) is 23.6 Å². The van der Waals surface area contributed by atoms with E-state index in [-0.39, 0.29) is 12.7 Å². The van der Waals surface area contributed by atoms with Gasteiger partial charge in [-0.3, -0.25) is 24.0 Å². The molecule has 0 heterocycles. The van der Waals surface area contributed by atoms with Crippen molar-refractivity contribution in [2.45, 2.75) is 50.2 Å². The van der Waals surface area contributed by atoms with Gasteiger partial charge >= 0.3 is 5.97 Å². The molecule has 0 aromatic heterocycles. The normalized spacial score (nSPS) is 15.4. The second-order valence-electron chi connectivity index (χ2n) is 6.61. The van der Waals surface area contributed by atoms with Crippen LogP contribution >= 0.6 is 0 Å². The minimum Gasteiger partial charge on any atom is -0.481 e. The number of aliphatic carboxylic acids is 1. The Labute approximate surface area is 182 Å². The number of amides is 4. The third-order valence-electron chi connectivity index (χ3n) is 3.97. The summed E-state index contributed by atoms with van der Waals surface area (Å²) in [4.78, 5) is 68.0. The maximum Gasteiger partial charge on any atom is 0.303 e. The van der Waals surface area contributed by atoms with Crippen molar-refractivity contribution in [3.8, 4) is 0 Å². The van der Waals surface area contributed by atoms with Gasteiger partial charge in [0.25, 0.3) is 0 Å². The predicted octanol–water partition coefficient (Wildman–Crippen LogP) is -5.26. The highest BCUT2D eigenvalue weighted by atomic mass is 16.5. The first-order chi connectivity index (χ1) is 14.9. The zero-order valence-corrected chi connectivity index (χ0v) is 17.2. The van der Waals surface area contributed by atoms with E-state index in [1.54, 1.807) is 0 Å². The first-order valence-electron chi connectivity index (χ1n) is 9.31. The molecule has 0 aliphatic rings. The van der Waals surface area contributed by atoms with Crippen molar-refractivity contribution in [2.75, 3.05) is 19.8 Å². The Morgan fingerprint density at radius 1 is 1.09 bits per heavy atom. The molecule has 0 aromatic rings. The Hall–Kier alpha value is -3.14. The molecule has 0 aliphatic carbocycles. The molecule has 5 atom stereocenters. The number of carbonyl (C=O) groups is 6. The number of hydrogen-bond acceptors (Lipinski definition) is 10. The lowest BCUT2D eigenvalue weighted by atomic mass is 10.0. The number of aliphatic hydroxyl groups is 3. The zero-order valence-electron chi connectivity index (χ0n) is 17.2. The van der Waals surface area contributed by atoms with Crippen molar-refractivity contribution >= 4 is 35.9 Å². The largest absolute Gasteiger partial charge is 0.481 e. The number of aliphatic hydroxyl groups excluding tert-OH is 3. The Morgan fingerprint density at radius 2 is 1.72 bits per heavy atom. The Kier molecular flexibility index (Phi) is 13.3. The standard InChI is InChI=1S/C17H28N4O11/c1-8(24)20-10(5-22)16(15(30)11(25)6-23)32-7-13(27)19-4-12(26)21-9(17(18)31)2-3-14(28)29/h5,9-11,15-16,23,25,30H,2-4,6-7H2,1H3,(H2,18,31)(H,19,27)(H,20,24)(H,21,26)(H,28,29)/t9?,10-,11+,15+,16+/m0/s1. The van der Waals surface area contributed by atoms with Crippen LogP contribution in [-0.2, 0) is 33.5 Å². The molecule has 0 spiro atoms. The first-order valence-corrected chi connectivity index (χ1v) is 9.31. The quantitative estimate of drug-likeness (QED) is 0.100. The Bertz CT molecular complexity index is 687. The summed E-state index contributed by atoms with van der Waals surface area (Å²) in [5.74, 6) is -4.61. The molecule has 32 heavy (non-hydrogen) atoms. The van der Waals surface area contributed by atoms with Gasteiger partial charge in [0.05, 0.1) is 13.2 Å². The summed E-state index contributed by atoms with van der Waals surface area (Å²) < 4.78 is 5.11. The molecule has 15 nitrogen and oxygen atoms in total. The highest BCUT2D eigenvalue weighted by molar-refractivity contribution is 5.89. The number of rotatable bonds is 16. The number of hydrogen-bond donors (Lipinski definition) is 8. The molecule has 182 valence electrons. The number of nitrogens with two attached hydrogens (primary N) is 1. The van der Waals surface area contributed by atoms with Crippen LogP contribution in [0.15, 0.2) is 0 Å². The number of aldehydes is 1. The highest BCUT2D eigenvalue weighted by Crippen LogP contribution is 2.09. The van der Waals surface area contributed by atoms with Crippen LogP contribution in [0.5, 0.6) is 0 Å². The molecule has 0 aromatic carbocycles. The molecular formula is C17H28N4O11.